The highest BCUT2D eigenvalue weighted by Crippen LogP contribution is 1.85. The van der Waals surface area contributed by atoms with Gasteiger partial charge in [0, 0.05) is 7.05 Å². The highest BCUT2D eigenvalue weighted by atomic mass is 16.1. The van der Waals surface area contributed by atoms with Crippen LogP contribution in [0.1, 0.15) is 13.3 Å². The number of rotatable bonds is 4. The van der Waals surface area contributed by atoms with E-state index in [1.54, 1.807) is 7.05 Å². The Bertz CT molecular complexity index is 162. The summed E-state index contributed by atoms with van der Waals surface area (Å²) in [7, 11) is 1.57. The minimum absolute atomic E-state index is 0.0984. The number of carbonyl (C=O) groups is 1. The van der Waals surface area contributed by atoms with Crippen molar-refractivity contribution < 1.29 is 4.79 Å². The van der Waals surface area contributed by atoms with Crippen LogP contribution < -0.4 is 10.6 Å². The third kappa shape index (κ3) is 4.34. The minimum Gasteiger partial charge on any atom is -0.358 e. The molecule has 0 radical (unpaired) electrons. The maximum Gasteiger partial charge on any atom is 0.233 e. The third-order valence-corrected chi connectivity index (χ3v) is 1.35. The Kier molecular flexibility index (Phi) is 5.13. The van der Waals surface area contributed by atoms with Gasteiger partial charge in [-0.3, -0.25) is 10.1 Å². The zero-order valence-electron chi connectivity index (χ0n) is 6.85. The van der Waals surface area contributed by atoms with Crippen molar-refractivity contribution in [3.63, 3.8) is 0 Å². The molecule has 62 valence electrons. The third-order valence-electron chi connectivity index (χ3n) is 1.35. The molecule has 1 atom stereocenters. The molecule has 0 aromatic carbocycles. The first-order chi connectivity index (χ1) is 5.24. The lowest BCUT2D eigenvalue weighted by Gasteiger charge is -2.06. The molecule has 0 aliphatic heterocycles. The summed E-state index contributed by atoms with van der Waals surface area (Å²) in [6, 6.07) is 1.82. The molecule has 0 spiro atoms. The standard InChI is InChI=1S/C7H13N3O/c1-3-6(4-8)10-5-7(11)9-2/h6,10H,3,5H2,1-2H3,(H,9,11). The van der Waals surface area contributed by atoms with Crippen LogP contribution in [0.5, 0.6) is 0 Å². The fraction of sp³-hybridized carbons (Fsp3) is 0.714. The van der Waals surface area contributed by atoms with Gasteiger partial charge in [0.05, 0.1) is 18.7 Å². The predicted molar refractivity (Wildman–Crippen MR) is 41.8 cm³/mol. The lowest BCUT2D eigenvalue weighted by molar-refractivity contribution is -0.119. The highest BCUT2D eigenvalue weighted by molar-refractivity contribution is 5.77. The number of hydrogen-bond donors (Lipinski definition) is 2. The molecule has 1 unspecified atom stereocenters. The van der Waals surface area contributed by atoms with Gasteiger partial charge in [0.25, 0.3) is 0 Å². The van der Waals surface area contributed by atoms with Crippen LogP contribution in [0.15, 0.2) is 0 Å². The van der Waals surface area contributed by atoms with E-state index >= 15 is 0 Å². The van der Waals surface area contributed by atoms with Gasteiger partial charge in [0.1, 0.15) is 0 Å². The maximum atomic E-state index is 10.7. The van der Waals surface area contributed by atoms with Gasteiger partial charge in [-0.05, 0) is 6.42 Å². The van der Waals surface area contributed by atoms with E-state index in [1.807, 2.05) is 13.0 Å². The highest BCUT2D eigenvalue weighted by Gasteiger charge is 2.04. The van der Waals surface area contributed by atoms with Crippen LogP contribution in [0, 0.1) is 11.3 Å². The van der Waals surface area contributed by atoms with Crippen LogP contribution in [-0.2, 0) is 4.79 Å². The number of nitriles is 1. The van der Waals surface area contributed by atoms with E-state index in [9.17, 15) is 4.79 Å². The summed E-state index contributed by atoms with van der Waals surface area (Å²) in [5.41, 5.74) is 0. The molecule has 0 rings (SSSR count). The van der Waals surface area contributed by atoms with E-state index in [4.69, 9.17) is 5.26 Å². The normalized spacial score (nSPS) is 11.7. The molecular formula is C7H13N3O. The van der Waals surface area contributed by atoms with Crippen molar-refractivity contribution in [3.8, 4) is 6.07 Å². The summed E-state index contributed by atoms with van der Waals surface area (Å²) in [6.07, 6.45) is 0.716. The van der Waals surface area contributed by atoms with Gasteiger partial charge < -0.3 is 5.32 Å². The van der Waals surface area contributed by atoms with E-state index in [2.05, 4.69) is 10.6 Å². The Morgan fingerprint density at radius 3 is 2.73 bits per heavy atom. The van der Waals surface area contributed by atoms with E-state index < -0.39 is 0 Å². The van der Waals surface area contributed by atoms with Gasteiger partial charge in [-0.15, -0.1) is 0 Å². The summed E-state index contributed by atoms with van der Waals surface area (Å²) >= 11 is 0. The van der Waals surface area contributed by atoms with Crippen LogP contribution in [0.4, 0.5) is 0 Å². The van der Waals surface area contributed by atoms with Gasteiger partial charge in [-0.1, -0.05) is 6.92 Å². The second kappa shape index (κ2) is 5.69. The first-order valence-electron chi connectivity index (χ1n) is 3.58. The lowest BCUT2D eigenvalue weighted by Crippen LogP contribution is -2.36. The molecule has 0 aliphatic rings. The monoisotopic (exact) mass is 155 g/mol. The van der Waals surface area contributed by atoms with Crippen molar-refractivity contribution in [2.75, 3.05) is 13.6 Å². The lowest BCUT2D eigenvalue weighted by atomic mass is 10.2. The molecule has 0 aromatic heterocycles. The molecule has 0 fully saturated rings. The van der Waals surface area contributed by atoms with Gasteiger partial charge in [0.15, 0.2) is 0 Å². The van der Waals surface area contributed by atoms with Crippen LogP contribution in [-0.4, -0.2) is 25.5 Å². The summed E-state index contributed by atoms with van der Waals surface area (Å²) in [5.74, 6) is -0.0984. The molecule has 0 aliphatic carbocycles. The Morgan fingerprint density at radius 1 is 1.73 bits per heavy atom. The summed E-state index contributed by atoms with van der Waals surface area (Å²) in [6.45, 7) is 2.10. The first kappa shape index (κ1) is 9.92. The fourth-order valence-corrected chi connectivity index (χ4v) is 0.586. The summed E-state index contributed by atoms with van der Waals surface area (Å²) in [4.78, 5) is 10.7. The van der Waals surface area contributed by atoms with Gasteiger partial charge in [-0.2, -0.15) is 5.26 Å². The Hall–Kier alpha value is -1.08. The largest absolute Gasteiger partial charge is 0.358 e. The van der Waals surface area contributed by atoms with Crippen LogP contribution >= 0.6 is 0 Å². The number of amides is 1. The average molecular weight is 155 g/mol. The smallest absolute Gasteiger partial charge is 0.233 e. The molecule has 11 heavy (non-hydrogen) atoms. The maximum absolute atomic E-state index is 10.7. The van der Waals surface area contributed by atoms with Crippen molar-refractivity contribution in [2.24, 2.45) is 0 Å². The molecule has 2 N–H and O–H groups in total. The quantitative estimate of drug-likeness (QED) is 0.582. The minimum atomic E-state index is -0.215. The number of nitrogens with one attached hydrogen (secondary N) is 2. The van der Waals surface area contributed by atoms with E-state index in [-0.39, 0.29) is 18.5 Å². The van der Waals surface area contributed by atoms with E-state index in [0.29, 0.717) is 6.42 Å². The van der Waals surface area contributed by atoms with Gasteiger partial charge >= 0.3 is 0 Å². The first-order valence-corrected chi connectivity index (χ1v) is 3.58. The van der Waals surface area contributed by atoms with E-state index in [0.717, 1.165) is 0 Å². The SMILES string of the molecule is CCC(C#N)NCC(=O)NC. The average Bonchev–Trinajstić information content (AvgIpc) is 2.06. The topological polar surface area (TPSA) is 64.9 Å². The Labute approximate surface area is 66.6 Å². The number of likely N-dealkylation sites (N-methyl/N-ethyl adjacent to an activating group) is 1. The van der Waals surface area contributed by atoms with Crippen LogP contribution in [0.2, 0.25) is 0 Å². The number of hydrogen-bond acceptors (Lipinski definition) is 3. The molecule has 0 bridgehead atoms. The Morgan fingerprint density at radius 2 is 2.36 bits per heavy atom. The van der Waals surface area contributed by atoms with E-state index in [1.165, 1.54) is 0 Å². The fourth-order valence-electron chi connectivity index (χ4n) is 0.586. The summed E-state index contributed by atoms with van der Waals surface area (Å²) in [5, 5.41) is 13.7. The molecule has 0 saturated heterocycles. The zero-order chi connectivity index (χ0) is 8.69. The number of carbonyl (C=O) groups excluding carboxylic acids is 1. The predicted octanol–water partition coefficient (Wildman–Crippen LogP) is -0.376. The molecule has 0 heterocycles. The van der Waals surface area contributed by atoms with Gasteiger partial charge in [0.2, 0.25) is 5.91 Å². The second-order valence-corrected chi connectivity index (χ2v) is 2.14. The van der Waals surface area contributed by atoms with Gasteiger partial charge in [-0.25, -0.2) is 0 Å². The molecule has 0 aromatic rings. The second-order valence-electron chi connectivity index (χ2n) is 2.14. The van der Waals surface area contributed by atoms with Crippen molar-refractivity contribution in [1.82, 2.24) is 10.6 Å². The summed E-state index contributed by atoms with van der Waals surface area (Å²) < 4.78 is 0. The molecular weight excluding hydrogens is 142 g/mol. The molecule has 4 nitrogen and oxygen atoms in total. The Balaban J connectivity index is 3.52. The molecule has 4 heteroatoms. The van der Waals surface area contributed by atoms with Crippen LogP contribution in [0.25, 0.3) is 0 Å². The zero-order valence-corrected chi connectivity index (χ0v) is 6.85. The van der Waals surface area contributed by atoms with Crippen molar-refractivity contribution in [2.45, 2.75) is 19.4 Å². The van der Waals surface area contributed by atoms with Crippen molar-refractivity contribution in [1.29, 1.82) is 5.26 Å². The molecule has 0 saturated carbocycles. The molecule has 1 amide bonds. The van der Waals surface area contributed by atoms with Crippen molar-refractivity contribution >= 4 is 5.91 Å². The van der Waals surface area contributed by atoms with Crippen molar-refractivity contribution in [3.05, 3.63) is 0 Å². The number of nitrogens with zero attached hydrogens (tertiary/aromatic N) is 1. The van der Waals surface area contributed by atoms with Crippen LogP contribution in [0.3, 0.4) is 0 Å².